The molecule has 0 amide bonds. The summed E-state index contributed by atoms with van der Waals surface area (Å²) >= 11 is 0. The smallest absolute Gasteiger partial charge is 0.305 e. The maximum absolute atomic E-state index is 10.9. The highest BCUT2D eigenvalue weighted by atomic mass is 16.5. The van der Waals surface area contributed by atoms with E-state index in [0.717, 1.165) is 11.1 Å². The van der Waals surface area contributed by atoms with Crippen LogP contribution in [0.2, 0.25) is 0 Å². The number of hydrogen-bond acceptors (Lipinski definition) is 3. The van der Waals surface area contributed by atoms with Crippen molar-refractivity contribution in [2.45, 2.75) is 32.8 Å². The number of aryl methyl sites for hydroxylation is 2. The molecule has 0 bridgehead atoms. The fourth-order valence-corrected chi connectivity index (χ4v) is 1.50. The van der Waals surface area contributed by atoms with Gasteiger partial charge in [0.05, 0.1) is 13.2 Å². The van der Waals surface area contributed by atoms with Gasteiger partial charge in [0.25, 0.3) is 0 Å². The molecule has 0 aliphatic rings. The molecule has 0 aliphatic carbocycles. The summed E-state index contributed by atoms with van der Waals surface area (Å²) in [6.45, 7) is 4.03. The molecule has 1 unspecified atom stereocenters. The highest BCUT2D eigenvalue weighted by Crippen LogP contribution is 2.21. The van der Waals surface area contributed by atoms with E-state index in [1.165, 1.54) is 12.7 Å². The lowest BCUT2D eigenvalue weighted by atomic mass is 10.00. The minimum atomic E-state index is -0.599. The minimum absolute atomic E-state index is 0.241. The van der Waals surface area contributed by atoms with Gasteiger partial charge < -0.3 is 9.84 Å². The van der Waals surface area contributed by atoms with Crippen molar-refractivity contribution in [1.29, 1.82) is 0 Å². The Hall–Kier alpha value is -1.35. The molecule has 0 radical (unpaired) electrons. The zero-order chi connectivity index (χ0) is 12.1. The van der Waals surface area contributed by atoms with Crippen molar-refractivity contribution in [1.82, 2.24) is 0 Å². The van der Waals surface area contributed by atoms with Crippen LogP contribution < -0.4 is 0 Å². The molecule has 1 rings (SSSR count). The van der Waals surface area contributed by atoms with Crippen molar-refractivity contribution in [2.75, 3.05) is 7.11 Å². The highest BCUT2D eigenvalue weighted by Gasteiger charge is 2.11. The van der Waals surface area contributed by atoms with Crippen LogP contribution in [0.25, 0.3) is 0 Å². The van der Waals surface area contributed by atoms with Gasteiger partial charge in [-0.05, 0) is 37.0 Å². The molecule has 3 heteroatoms. The largest absolute Gasteiger partial charge is 0.469 e. The number of ether oxygens (including phenoxy) is 1. The van der Waals surface area contributed by atoms with Gasteiger partial charge in [-0.1, -0.05) is 18.2 Å². The van der Waals surface area contributed by atoms with Crippen molar-refractivity contribution >= 4 is 5.97 Å². The number of carbonyl (C=O) groups excluding carboxylic acids is 1. The second-order valence-electron chi connectivity index (χ2n) is 3.97. The molecule has 0 saturated heterocycles. The molecule has 0 spiro atoms. The third kappa shape index (κ3) is 3.35. The van der Waals surface area contributed by atoms with Gasteiger partial charge in [0.1, 0.15) is 0 Å². The summed E-state index contributed by atoms with van der Waals surface area (Å²) < 4.78 is 4.53. The quantitative estimate of drug-likeness (QED) is 0.795. The molecule has 0 saturated carbocycles. The number of methoxy groups -OCH3 is 1. The van der Waals surface area contributed by atoms with Crippen molar-refractivity contribution < 1.29 is 14.6 Å². The molecule has 0 aliphatic heterocycles. The monoisotopic (exact) mass is 222 g/mol. The number of aliphatic hydroxyl groups is 1. The minimum Gasteiger partial charge on any atom is -0.469 e. The number of benzene rings is 1. The molecular weight excluding hydrogens is 204 g/mol. The van der Waals surface area contributed by atoms with E-state index >= 15 is 0 Å². The predicted octanol–water partition coefficient (Wildman–Crippen LogP) is 2.29. The lowest BCUT2D eigenvalue weighted by Gasteiger charge is -2.11. The Kier molecular flexibility index (Phi) is 4.50. The number of carbonyl (C=O) groups is 1. The Labute approximate surface area is 96.1 Å². The van der Waals surface area contributed by atoms with E-state index in [4.69, 9.17) is 0 Å². The summed E-state index contributed by atoms with van der Waals surface area (Å²) in [6.07, 6.45) is 0.0400. The molecule has 16 heavy (non-hydrogen) atoms. The summed E-state index contributed by atoms with van der Waals surface area (Å²) in [5.41, 5.74) is 3.20. The van der Waals surface area contributed by atoms with E-state index < -0.39 is 6.10 Å². The first-order valence-electron chi connectivity index (χ1n) is 5.36. The third-order valence-corrected chi connectivity index (χ3v) is 2.77. The van der Waals surface area contributed by atoms with Crippen LogP contribution in [0.15, 0.2) is 18.2 Å². The average Bonchev–Trinajstić information content (AvgIpc) is 2.29. The summed E-state index contributed by atoms with van der Waals surface area (Å²) in [5, 5.41) is 9.87. The van der Waals surface area contributed by atoms with Crippen LogP contribution >= 0.6 is 0 Å². The molecule has 88 valence electrons. The van der Waals surface area contributed by atoms with Crippen LogP contribution in [0, 0.1) is 13.8 Å². The Morgan fingerprint density at radius 2 is 2.06 bits per heavy atom. The standard InChI is InChI=1S/C13H18O3/c1-9-4-5-11(8-10(9)2)12(14)6-7-13(15)16-3/h4-5,8,12,14H,6-7H2,1-3H3. The van der Waals surface area contributed by atoms with Crippen molar-refractivity contribution in [3.8, 4) is 0 Å². The number of esters is 1. The van der Waals surface area contributed by atoms with Gasteiger partial charge in [-0.15, -0.1) is 0 Å². The van der Waals surface area contributed by atoms with Crippen LogP contribution in [0.5, 0.6) is 0 Å². The summed E-state index contributed by atoms with van der Waals surface area (Å²) in [4.78, 5) is 10.9. The maximum Gasteiger partial charge on any atom is 0.305 e. The molecule has 0 fully saturated rings. The molecule has 3 nitrogen and oxygen atoms in total. The van der Waals surface area contributed by atoms with Gasteiger partial charge in [-0.3, -0.25) is 4.79 Å². The van der Waals surface area contributed by atoms with Gasteiger partial charge in [-0.2, -0.15) is 0 Å². The zero-order valence-electron chi connectivity index (χ0n) is 9.99. The third-order valence-electron chi connectivity index (χ3n) is 2.77. The molecular formula is C13H18O3. The van der Waals surface area contributed by atoms with Gasteiger partial charge in [0.15, 0.2) is 0 Å². The fraction of sp³-hybridized carbons (Fsp3) is 0.462. The first kappa shape index (κ1) is 12.7. The molecule has 1 aromatic rings. The zero-order valence-corrected chi connectivity index (χ0v) is 9.99. The summed E-state index contributed by atoms with van der Waals surface area (Å²) in [7, 11) is 1.35. The normalized spacial score (nSPS) is 12.2. The summed E-state index contributed by atoms with van der Waals surface area (Å²) in [5.74, 6) is -0.289. The molecule has 1 atom stereocenters. The average molecular weight is 222 g/mol. The maximum atomic E-state index is 10.9. The molecule has 0 aromatic heterocycles. The lowest BCUT2D eigenvalue weighted by Crippen LogP contribution is -2.05. The van der Waals surface area contributed by atoms with Crippen LogP contribution in [0.3, 0.4) is 0 Å². The van der Waals surface area contributed by atoms with Crippen LogP contribution in [-0.2, 0) is 9.53 Å². The predicted molar refractivity (Wildman–Crippen MR) is 62.1 cm³/mol. The number of rotatable bonds is 4. The van der Waals surface area contributed by atoms with Crippen LogP contribution in [-0.4, -0.2) is 18.2 Å². The lowest BCUT2D eigenvalue weighted by molar-refractivity contribution is -0.141. The second kappa shape index (κ2) is 5.66. The number of hydrogen-bond donors (Lipinski definition) is 1. The first-order chi connectivity index (χ1) is 7.54. The van der Waals surface area contributed by atoms with Crippen molar-refractivity contribution in [2.24, 2.45) is 0 Å². The van der Waals surface area contributed by atoms with E-state index in [9.17, 15) is 9.90 Å². The Bertz CT molecular complexity index is 371. The van der Waals surface area contributed by atoms with E-state index in [2.05, 4.69) is 4.74 Å². The summed E-state index contributed by atoms with van der Waals surface area (Å²) in [6, 6.07) is 5.83. The molecule has 0 heterocycles. The van der Waals surface area contributed by atoms with Gasteiger partial charge >= 0.3 is 5.97 Å². The SMILES string of the molecule is COC(=O)CCC(O)c1ccc(C)c(C)c1. The Morgan fingerprint density at radius 3 is 2.62 bits per heavy atom. The molecule has 1 aromatic carbocycles. The van der Waals surface area contributed by atoms with E-state index in [-0.39, 0.29) is 12.4 Å². The van der Waals surface area contributed by atoms with Gasteiger partial charge in [0, 0.05) is 6.42 Å². The van der Waals surface area contributed by atoms with Gasteiger partial charge in [0.2, 0.25) is 0 Å². The Morgan fingerprint density at radius 1 is 1.38 bits per heavy atom. The fourth-order valence-electron chi connectivity index (χ4n) is 1.50. The second-order valence-corrected chi connectivity index (χ2v) is 3.97. The highest BCUT2D eigenvalue weighted by molar-refractivity contribution is 5.69. The first-order valence-corrected chi connectivity index (χ1v) is 5.36. The van der Waals surface area contributed by atoms with Crippen molar-refractivity contribution in [3.05, 3.63) is 34.9 Å². The topological polar surface area (TPSA) is 46.5 Å². The molecule has 1 N–H and O–H groups in total. The van der Waals surface area contributed by atoms with Crippen LogP contribution in [0.4, 0.5) is 0 Å². The Balaban J connectivity index is 2.62. The van der Waals surface area contributed by atoms with E-state index in [1.54, 1.807) is 0 Å². The number of aliphatic hydroxyl groups excluding tert-OH is 1. The van der Waals surface area contributed by atoms with Crippen molar-refractivity contribution in [3.63, 3.8) is 0 Å². The van der Waals surface area contributed by atoms with Crippen LogP contribution in [0.1, 0.15) is 35.6 Å². The van der Waals surface area contributed by atoms with E-state index in [0.29, 0.717) is 6.42 Å². The van der Waals surface area contributed by atoms with Gasteiger partial charge in [-0.25, -0.2) is 0 Å². The van der Waals surface area contributed by atoms with E-state index in [1.807, 2.05) is 32.0 Å².